The fraction of sp³-hybridized carbons (Fsp3) is 0.429. The molecule has 0 heterocycles. The zero-order valence-electron chi connectivity index (χ0n) is 11.8. The van der Waals surface area contributed by atoms with Gasteiger partial charge in [-0.1, -0.05) is 80.0 Å². The van der Waals surface area contributed by atoms with E-state index >= 15 is 0 Å². The summed E-state index contributed by atoms with van der Waals surface area (Å²) in [6.45, 7) is 14.1. The maximum absolute atomic E-state index is 6.35. The van der Waals surface area contributed by atoms with Gasteiger partial charge in [-0.25, -0.2) is 0 Å². The van der Waals surface area contributed by atoms with E-state index in [0.717, 1.165) is 5.02 Å². The van der Waals surface area contributed by atoms with Crippen LogP contribution in [0.15, 0.2) is 23.9 Å². The van der Waals surface area contributed by atoms with E-state index in [0.29, 0.717) is 0 Å². The molecule has 0 N–H and O–H groups in total. The van der Waals surface area contributed by atoms with Gasteiger partial charge in [0.15, 0.2) is 0 Å². The van der Waals surface area contributed by atoms with Crippen LogP contribution in [0, 0.1) is 0 Å². The summed E-state index contributed by atoms with van der Waals surface area (Å²) in [7, 11) is -2.49. The molecular weight excluding hydrogens is 260 g/mol. The zero-order valence-corrected chi connectivity index (χ0v) is 14.5. The molecule has 0 saturated carbocycles. The Kier molecular flexibility index (Phi) is 4.45. The lowest BCUT2D eigenvalue weighted by Gasteiger charge is -2.21. The highest BCUT2D eigenvalue weighted by atomic mass is 35.5. The first-order valence-corrected chi connectivity index (χ1v) is 13.5. The molecule has 0 fully saturated rings. The van der Waals surface area contributed by atoms with Crippen molar-refractivity contribution in [3.05, 3.63) is 34.5 Å². The van der Waals surface area contributed by atoms with E-state index in [1.165, 1.54) is 10.8 Å². The molecule has 0 nitrogen and oxygen atoms in total. The predicted octanol–water partition coefficient (Wildman–Crippen LogP) is 4.78. The molecule has 0 saturated heterocycles. The first kappa shape index (κ1) is 14.7. The molecule has 0 aliphatic rings. The molecule has 94 valence electrons. The standard InChI is InChI=1S/C14H23ClSi2/c1-16(2,3)11-10-12-13(15)8-7-9-14(12)17(4,5)6/h7-11H,1-6H3. The van der Waals surface area contributed by atoms with Gasteiger partial charge in [0.1, 0.15) is 0 Å². The number of rotatable bonds is 3. The van der Waals surface area contributed by atoms with Gasteiger partial charge in [0.25, 0.3) is 0 Å². The van der Waals surface area contributed by atoms with Crippen molar-refractivity contribution in [1.82, 2.24) is 0 Å². The van der Waals surface area contributed by atoms with Crippen LogP contribution in [0.3, 0.4) is 0 Å². The quantitative estimate of drug-likeness (QED) is 0.700. The molecule has 0 radical (unpaired) electrons. The van der Waals surface area contributed by atoms with Gasteiger partial charge in [0.05, 0.1) is 16.1 Å². The number of hydrogen-bond donors (Lipinski definition) is 0. The van der Waals surface area contributed by atoms with Crippen molar-refractivity contribution in [3.8, 4) is 0 Å². The van der Waals surface area contributed by atoms with Crippen LogP contribution in [0.5, 0.6) is 0 Å². The van der Waals surface area contributed by atoms with Gasteiger partial charge in [-0.15, -0.1) is 0 Å². The molecule has 0 aliphatic carbocycles. The second-order valence-corrected chi connectivity index (χ2v) is 17.2. The number of benzene rings is 1. The number of halogens is 1. The molecule has 0 aromatic heterocycles. The Morgan fingerprint density at radius 3 is 2.06 bits per heavy atom. The molecule has 0 aliphatic heterocycles. The van der Waals surface area contributed by atoms with E-state index in [2.05, 4.69) is 63.2 Å². The summed E-state index contributed by atoms with van der Waals surface area (Å²) in [6.07, 6.45) is 2.25. The Balaban J connectivity index is 3.27. The van der Waals surface area contributed by atoms with E-state index in [9.17, 15) is 0 Å². The monoisotopic (exact) mass is 282 g/mol. The van der Waals surface area contributed by atoms with Crippen molar-refractivity contribution in [2.75, 3.05) is 0 Å². The van der Waals surface area contributed by atoms with Crippen LogP contribution in [-0.2, 0) is 0 Å². The van der Waals surface area contributed by atoms with E-state index in [4.69, 9.17) is 11.6 Å². The van der Waals surface area contributed by atoms with Crippen molar-refractivity contribution in [2.45, 2.75) is 39.3 Å². The second-order valence-electron chi connectivity index (χ2n) is 6.65. The summed E-state index contributed by atoms with van der Waals surface area (Å²) >= 11 is 6.35. The highest BCUT2D eigenvalue weighted by Crippen LogP contribution is 2.20. The lowest BCUT2D eigenvalue weighted by atomic mass is 10.2. The van der Waals surface area contributed by atoms with Gasteiger partial charge >= 0.3 is 0 Å². The molecule has 0 spiro atoms. The van der Waals surface area contributed by atoms with E-state index in [-0.39, 0.29) is 0 Å². The van der Waals surface area contributed by atoms with Gasteiger partial charge < -0.3 is 0 Å². The lowest BCUT2D eigenvalue weighted by Crippen LogP contribution is -2.39. The molecule has 0 atom stereocenters. The fourth-order valence-corrected chi connectivity index (χ4v) is 4.30. The van der Waals surface area contributed by atoms with Gasteiger partial charge in [0, 0.05) is 5.02 Å². The van der Waals surface area contributed by atoms with Crippen LogP contribution in [0.4, 0.5) is 0 Å². The van der Waals surface area contributed by atoms with Gasteiger partial charge in [-0.3, -0.25) is 0 Å². The molecule has 17 heavy (non-hydrogen) atoms. The van der Waals surface area contributed by atoms with E-state index in [1.54, 1.807) is 0 Å². The zero-order chi connectivity index (χ0) is 13.3. The summed E-state index contributed by atoms with van der Waals surface area (Å²) in [4.78, 5) is 0. The minimum Gasteiger partial charge on any atom is -0.0944 e. The summed E-state index contributed by atoms with van der Waals surface area (Å²) < 4.78 is 0. The average Bonchev–Trinajstić information content (AvgIpc) is 2.12. The number of hydrogen-bond acceptors (Lipinski definition) is 0. The van der Waals surface area contributed by atoms with Crippen LogP contribution in [-0.4, -0.2) is 16.1 Å². The molecule has 1 rings (SSSR count). The predicted molar refractivity (Wildman–Crippen MR) is 86.8 cm³/mol. The van der Waals surface area contributed by atoms with Gasteiger partial charge in [0.2, 0.25) is 0 Å². The summed E-state index contributed by atoms with van der Waals surface area (Å²) in [6, 6.07) is 6.30. The first-order valence-electron chi connectivity index (χ1n) is 6.09. The highest BCUT2D eigenvalue weighted by Gasteiger charge is 2.20. The van der Waals surface area contributed by atoms with Gasteiger partial charge in [-0.2, -0.15) is 0 Å². The maximum Gasteiger partial charge on any atom is 0.0784 e. The maximum atomic E-state index is 6.35. The third-order valence-electron chi connectivity index (χ3n) is 2.61. The Labute approximate surface area is 113 Å². The van der Waals surface area contributed by atoms with Crippen molar-refractivity contribution < 1.29 is 0 Å². The normalized spacial score (nSPS) is 13.4. The lowest BCUT2D eigenvalue weighted by molar-refractivity contribution is 1.64. The summed E-state index contributed by atoms with van der Waals surface area (Å²) in [5.41, 5.74) is 3.62. The minimum atomic E-state index is -1.33. The smallest absolute Gasteiger partial charge is 0.0784 e. The van der Waals surface area contributed by atoms with Crippen LogP contribution < -0.4 is 5.19 Å². The molecule has 3 heteroatoms. The van der Waals surface area contributed by atoms with Crippen molar-refractivity contribution >= 4 is 39.0 Å². The Hall–Kier alpha value is -0.316. The Morgan fingerprint density at radius 1 is 1.00 bits per heavy atom. The van der Waals surface area contributed by atoms with Crippen molar-refractivity contribution in [1.29, 1.82) is 0 Å². The third-order valence-corrected chi connectivity index (χ3v) is 6.16. The summed E-state index contributed by atoms with van der Waals surface area (Å²) in [5.74, 6) is 0. The van der Waals surface area contributed by atoms with Crippen LogP contribution >= 0.6 is 11.6 Å². The molecule has 0 bridgehead atoms. The van der Waals surface area contributed by atoms with Crippen molar-refractivity contribution in [3.63, 3.8) is 0 Å². The summed E-state index contributed by atoms with van der Waals surface area (Å²) in [5, 5.41) is 2.35. The molecule has 0 amide bonds. The Morgan fingerprint density at radius 2 is 1.59 bits per heavy atom. The second kappa shape index (κ2) is 5.13. The van der Waals surface area contributed by atoms with E-state index in [1.807, 2.05) is 6.07 Å². The SMILES string of the molecule is C[Si](C)(C)C=Cc1c(Cl)cccc1[Si](C)(C)C. The largest absolute Gasteiger partial charge is 0.0944 e. The molecule has 1 aromatic rings. The van der Waals surface area contributed by atoms with Crippen LogP contribution in [0.1, 0.15) is 5.56 Å². The van der Waals surface area contributed by atoms with Crippen molar-refractivity contribution in [2.24, 2.45) is 0 Å². The highest BCUT2D eigenvalue weighted by molar-refractivity contribution is 6.89. The van der Waals surface area contributed by atoms with Gasteiger partial charge in [-0.05, 0) is 11.6 Å². The fourth-order valence-electron chi connectivity index (χ4n) is 1.69. The molecular formula is C14H23ClSi2. The third kappa shape index (κ3) is 4.45. The first-order chi connectivity index (χ1) is 7.61. The average molecular weight is 283 g/mol. The van der Waals surface area contributed by atoms with E-state index < -0.39 is 16.1 Å². The Bertz CT molecular complexity index is 423. The minimum absolute atomic E-state index is 0.888. The molecule has 1 aromatic carbocycles. The van der Waals surface area contributed by atoms with Crippen LogP contribution in [0.25, 0.3) is 6.08 Å². The van der Waals surface area contributed by atoms with Crippen LogP contribution in [0.2, 0.25) is 44.3 Å². The topological polar surface area (TPSA) is 0 Å². The molecule has 0 unspecified atom stereocenters.